The van der Waals surface area contributed by atoms with Crippen LogP contribution in [0.1, 0.15) is 6.92 Å². The Kier molecular flexibility index (Phi) is 2.84. The molecule has 0 aliphatic heterocycles. The molecule has 6 heavy (non-hydrogen) atoms. The summed E-state index contributed by atoms with van der Waals surface area (Å²) in [6.07, 6.45) is 0. The average molecular weight is 220 g/mol. The summed E-state index contributed by atoms with van der Waals surface area (Å²) >= 11 is -1.37. The summed E-state index contributed by atoms with van der Waals surface area (Å²) in [4.78, 5) is 4.59. The Hall–Kier alpha value is 1.08. The van der Waals surface area contributed by atoms with Gasteiger partial charge in [-0.2, -0.15) is 0 Å². The summed E-state index contributed by atoms with van der Waals surface area (Å²) in [5.74, 6) is 0. The fourth-order valence-electron chi connectivity index (χ4n) is 0. The van der Waals surface area contributed by atoms with E-state index < -0.39 is 17.0 Å². The van der Waals surface area contributed by atoms with E-state index in [0.717, 1.165) is 0 Å². The van der Waals surface area contributed by atoms with Crippen LogP contribution in [0.3, 0.4) is 0 Å². The van der Waals surface area contributed by atoms with Crippen LogP contribution in [0.5, 0.6) is 0 Å². The van der Waals surface area contributed by atoms with Crippen molar-refractivity contribution in [3.63, 3.8) is 0 Å². The molecule has 0 fully saturated rings. The number of rotatable bonds is 1. The van der Waals surface area contributed by atoms with E-state index >= 15 is 0 Å². The van der Waals surface area contributed by atoms with Crippen molar-refractivity contribution < 1.29 is 0 Å². The van der Waals surface area contributed by atoms with Crippen molar-refractivity contribution in [3.8, 4) is 0 Å². The molecule has 0 aromatic carbocycles. The summed E-state index contributed by atoms with van der Waals surface area (Å²) in [5, 5.41) is 0. The average Bonchev–Trinajstić information content (AvgIpc) is 1.35. The molecule has 0 saturated carbocycles. The van der Waals surface area contributed by atoms with Crippen LogP contribution >= 0.6 is 26.8 Å². The molecule has 0 aromatic heterocycles. The summed E-state index contributed by atoms with van der Waals surface area (Å²) < 4.78 is 1.33. The second-order valence-electron chi connectivity index (χ2n) is 1.77. The zero-order valence-electron chi connectivity index (χ0n) is 4.56. The number of thiol groups is 1. The van der Waals surface area contributed by atoms with E-state index in [1.165, 1.54) is 4.43 Å². The van der Waals surface area contributed by atoms with Gasteiger partial charge in [0.1, 0.15) is 0 Å². The number of halogens is 1. The molecule has 0 heterocycles. The van der Waals surface area contributed by atoms with E-state index in [9.17, 15) is 0 Å². The van der Waals surface area contributed by atoms with Crippen LogP contribution in [0.4, 0.5) is 0 Å². The molecule has 0 saturated heterocycles. The fourth-order valence-corrected chi connectivity index (χ4v) is 0. The number of alkyl halides is 3. The van der Waals surface area contributed by atoms with Gasteiger partial charge in [-0.05, 0) is 0 Å². The first kappa shape index (κ1) is 7.08. The molecule has 0 N–H and O–H groups in total. The van der Waals surface area contributed by atoms with Gasteiger partial charge >= 0.3 is 48.1 Å². The van der Waals surface area contributed by atoms with Gasteiger partial charge in [-0.15, -0.1) is 0 Å². The maximum atomic E-state index is 4.44. The predicted octanol–water partition coefficient (Wildman–Crippen LogP) is 1.89. The molecule has 0 bridgehead atoms. The molecule has 0 amide bonds. The summed E-state index contributed by atoms with van der Waals surface area (Å²) in [5.41, 5.74) is 0. The fraction of sp³-hybridized carbons (Fsp3) is 1.00. The second-order valence-corrected chi connectivity index (χ2v) is 18.5. The van der Waals surface area contributed by atoms with Crippen molar-refractivity contribution in [2.75, 3.05) is 14.3 Å². The Bertz CT molecular complexity index is 37.3. The van der Waals surface area contributed by atoms with Crippen LogP contribution in [-0.4, -0.2) is 14.3 Å². The maximum absolute atomic E-state index is 4.44. The van der Waals surface area contributed by atoms with E-state index in [-0.39, 0.29) is 0 Å². The van der Waals surface area contributed by atoms with E-state index in [2.05, 4.69) is 26.6 Å². The van der Waals surface area contributed by atoms with Gasteiger partial charge in [0, 0.05) is 0 Å². The van der Waals surface area contributed by atoms with E-state index in [0.29, 0.717) is 0 Å². The van der Waals surface area contributed by atoms with Gasteiger partial charge in [-0.1, -0.05) is 0 Å². The van der Waals surface area contributed by atoms with Gasteiger partial charge in [0.25, 0.3) is 0 Å². The Labute approximate surface area is 48.1 Å². The Morgan fingerprint density at radius 2 is 1.67 bits per heavy atom. The molecule has 0 aliphatic carbocycles. The number of hydrogen-bond acceptors (Lipinski definition) is 1. The van der Waals surface area contributed by atoms with Crippen molar-refractivity contribution in [3.05, 3.63) is 0 Å². The zero-order chi connectivity index (χ0) is 5.21. The van der Waals surface area contributed by atoms with Crippen LogP contribution in [0.2, 0.25) is 0 Å². The Morgan fingerprint density at radius 3 is 1.67 bits per heavy atom. The van der Waals surface area contributed by atoms with Gasteiger partial charge in [0.05, 0.1) is 0 Å². The predicted molar refractivity (Wildman–Crippen MR) is 46.8 cm³/mol. The van der Waals surface area contributed by atoms with Crippen molar-refractivity contribution in [2.24, 2.45) is 0 Å². The van der Waals surface area contributed by atoms with E-state index in [4.69, 9.17) is 0 Å². The third-order valence-corrected chi connectivity index (χ3v) is 6.47. The van der Waals surface area contributed by atoms with Crippen molar-refractivity contribution in [1.82, 2.24) is 0 Å². The zero-order valence-corrected chi connectivity index (χ0v) is 7.79. The van der Waals surface area contributed by atoms with Crippen molar-refractivity contribution in [2.45, 2.75) is 6.92 Å². The Morgan fingerprint density at radius 1 is 1.50 bits per heavy atom. The van der Waals surface area contributed by atoms with Crippen LogP contribution in [-0.2, 0) is 0 Å². The monoisotopic (exact) mass is 220 g/mol. The first-order chi connectivity index (χ1) is 2.56. The second kappa shape index (κ2) is 2.40. The normalized spacial score (nSPS) is 14.7. The number of hydrogen-bond donors (Lipinski definition) is 1. The molecule has 0 atom stereocenters. The molecule has 0 nitrogen and oxygen atoms in total. The van der Waals surface area contributed by atoms with Crippen LogP contribution < -0.4 is 0 Å². The molecule has 0 spiro atoms. The van der Waals surface area contributed by atoms with E-state index in [1.807, 2.05) is 0 Å². The SMILES string of the molecule is CC[IH](C)(C)S. The van der Waals surface area contributed by atoms with Gasteiger partial charge < -0.3 is 0 Å². The third kappa shape index (κ3) is 5.08. The molecular formula is C4H13IS. The molecule has 0 rings (SSSR count). The van der Waals surface area contributed by atoms with Crippen LogP contribution in [0, 0.1) is 0 Å². The van der Waals surface area contributed by atoms with Crippen molar-refractivity contribution in [1.29, 1.82) is 0 Å². The first-order valence-electron chi connectivity index (χ1n) is 1.99. The van der Waals surface area contributed by atoms with Gasteiger partial charge in [-0.3, -0.25) is 0 Å². The van der Waals surface area contributed by atoms with E-state index in [1.54, 1.807) is 0 Å². The quantitative estimate of drug-likeness (QED) is 0.389. The summed E-state index contributed by atoms with van der Waals surface area (Å²) in [7, 11) is 4.44. The standard InChI is InChI=1S/C4H13IS/c1-4-5(2,3)6/h5-6H,4H2,1-3H3. The first-order valence-corrected chi connectivity index (χ1v) is 11.8. The minimum absolute atomic E-state index is 1.33. The molecule has 42 valence electrons. The molecule has 0 unspecified atom stereocenters. The summed E-state index contributed by atoms with van der Waals surface area (Å²) in [6.45, 7) is 2.22. The van der Waals surface area contributed by atoms with Gasteiger partial charge in [0.15, 0.2) is 0 Å². The summed E-state index contributed by atoms with van der Waals surface area (Å²) in [6, 6.07) is 0. The molecule has 0 aliphatic rings. The molecule has 2 heteroatoms. The molecule has 0 radical (unpaired) electrons. The van der Waals surface area contributed by atoms with Crippen LogP contribution in [0.25, 0.3) is 0 Å². The Balaban J connectivity index is 3.17. The van der Waals surface area contributed by atoms with Gasteiger partial charge in [0.2, 0.25) is 0 Å². The molecular weight excluding hydrogens is 207 g/mol. The third-order valence-electron chi connectivity index (χ3n) is 0.706. The minimum atomic E-state index is -1.37. The topological polar surface area (TPSA) is 0 Å². The van der Waals surface area contributed by atoms with Crippen molar-refractivity contribution >= 4 is 26.8 Å². The van der Waals surface area contributed by atoms with Gasteiger partial charge in [-0.25, -0.2) is 0 Å². The molecule has 0 aromatic rings. The van der Waals surface area contributed by atoms with Crippen LogP contribution in [0.15, 0.2) is 0 Å².